The third kappa shape index (κ3) is 4.46. The molecule has 5 rings (SSSR count). The van der Waals surface area contributed by atoms with E-state index in [1.165, 1.54) is 11.8 Å². The highest BCUT2D eigenvalue weighted by Gasteiger charge is 2.29. The summed E-state index contributed by atoms with van der Waals surface area (Å²) in [7, 11) is 3.47. The van der Waals surface area contributed by atoms with Crippen molar-refractivity contribution >= 4 is 39.3 Å². The number of hydrogen-bond acceptors (Lipinski definition) is 5. The van der Waals surface area contributed by atoms with E-state index < -0.39 is 0 Å². The minimum atomic E-state index is -0.0146. The number of amides is 1. The lowest BCUT2D eigenvalue weighted by Gasteiger charge is -2.18. The predicted octanol–water partition coefficient (Wildman–Crippen LogP) is 4.64. The molecule has 6 nitrogen and oxygen atoms in total. The van der Waals surface area contributed by atoms with Gasteiger partial charge in [0.1, 0.15) is 5.75 Å². The summed E-state index contributed by atoms with van der Waals surface area (Å²) in [6.45, 7) is 0.516. The number of methoxy groups -OCH3 is 1. The molecule has 1 fully saturated rings. The molecule has 1 heterocycles. The zero-order valence-corrected chi connectivity index (χ0v) is 19.5. The van der Waals surface area contributed by atoms with Crippen LogP contribution in [0.5, 0.6) is 5.75 Å². The third-order valence-corrected chi connectivity index (χ3v) is 6.91. The second kappa shape index (κ2) is 8.90. The Morgan fingerprint density at radius 3 is 2.67 bits per heavy atom. The van der Waals surface area contributed by atoms with Gasteiger partial charge in [-0.05, 0) is 59.5 Å². The summed E-state index contributed by atoms with van der Waals surface area (Å²) in [5.41, 5.74) is 1.72. The molecule has 33 heavy (non-hydrogen) atoms. The summed E-state index contributed by atoms with van der Waals surface area (Å²) in [4.78, 5) is 32.3. The highest BCUT2D eigenvalue weighted by Crippen LogP contribution is 2.36. The molecule has 1 amide bonds. The van der Waals surface area contributed by atoms with E-state index in [0.29, 0.717) is 22.6 Å². The normalized spacial score (nSPS) is 13.4. The molecule has 0 radical (unpaired) electrons. The van der Waals surface area contributed by atoms with E-state index in [-0.39, 0.29) is 23.3 Å². The van der Waals surface area contributed by atoms with Gasteiger partial charge in [0.25, 0.3) is 5.56 Å². The molecule has 1 aliphatic carbocycles. The van der Waals surface area contributed by atoms with Gasteiger partial charge >= 0.3 is 0 Å². The summed E-state index contributed by atoms with van der Waals surface area (Å²) in [5, 5.41) is 3.47. The quantitative estimate of drug-likeness (QED) is 0.298. The van der Waals surface area contributed by atoms with Crippen LogP contribution in [0.1, 0.15) is 24.4 Å². The van der Waals surface area contributed by atoms with Crippen molar-refractivity contribution < 1.29 is 9.53 Å². The monoisotopic (exact) mass is 459 g/mol. The molecule has 0 N–H and O–H groups in total. The van der Waals surface area contributed by atoms with Crippen LogP contribution in [0.2, 0.25) is 0 Å². The second-order valence-electron chi connectivity index (χ2n) is 8.40. The fourth-order valence-corrected chi connectivity index (χ4v) is 4.99. The Hall–Kier alpha value is -3.32. The van der Waals surface area contributed by atoms with Crippen molar-refractivity contribution in [3.8, 4) is 5.75 Å². The van der Waals surface area contributed by atoms with E-state index in [4.69, 9.17) is 9.72 Å². The number of carbonyl (C=O) groups excluding carboxylic acids is 1. The van der Waals surface area contributed by atoms with Crippen LogP contribution in [0.3, 0.4) is 0 Å². The zero-order chi connectivity index (χ0) is 22.9. The number of thioether (sulfide) groups is 1. The van der Waals surface area contributed by atoms with E-state index in [1.54, 1.807) is 16.6 Å². The zero-order valence-electron chi connectivity index (χ0n) is 18.7. The summed E-state index contributed by atoms with van der Waals surface area (Å²) >= 11 is 1.34. The van der Waals surface area contributed by atoms with Crippen molar-refractivity contribution in [3.63, 3.8) is 0 Å². The smallest absolute Gasteiger partial charge is 0.262 e. The van der Waals surface area contributed by atoms with Gasteiger partial charge in [-0.1, -0.05) is 42.1 Å². The van der Waals surface area contributed by atoms with Crippen LogP contribution in [-0.4, -0.2) is 40.3 Å². The lowest BCUT2D eigenvalue weighted by Crippen LogP contribution is -2.28. The van der Waals surface area contributed by atoms with Gasteiger partial charge in [-0.25, -0.2) is 4.98 Å². The molecule has 1 aliphatic rings. The number of ether oxygens (including phenoxy) is 1. The molecule has 4 aromatic rings. The largest absolute Gasteiger partial charge is 0.497 e. The Morgan fingerprint density at radius 1 is 1.12 bits per heavy atom. The Balaban J connectivity index is 1.30. The Labute approximate surface area is 196 Å². The number of fused-ring (bicyclic) bond motifs is 2. The third-order valence-electron chi connectivity index (χ3n) is 5.97. The van der Waals surface area contributed by atoms with Crippen LogP contribution in [-0.2, 0) is 11.3 Å². The summed E-state index contributed by atoms with van der Waals surface area (Å²) in [6, 6.07) is 19.7. The molecule has 0 bridgehead atoms. The van der Waals surface area contributed by atoms with Gasteiger partial charge in [0.15, 0.2) is 5.16 Å². The van der Waals surface area contributed by atoms with Crippen molar-refractivity contribution in [2.24, 2.45) is 0 Å². The van der Waals surface area contributed by atoms with Crippen molar-refractivity contribution in [2.45, 2.75) is 30.6 Å². The van der Waals surface area contributed by atoms with E-state index in [2.05, 4.69) is 6.07 Å². The minimum Gasteiger partial charge on any atom is -0.497 e. The summed E-state index contributed by atoms with van der Waals surface area (Å²) < 4.78 is 7.06. The van der Waals surface area contributed by atoms with Gasteiger partial charge in [-0.15, -0.1) is 0 Å². The van der Waals surface area contributed by atoms with Crippen LogP contribution in [0.15, 0.2) is 70.6 Å². The van der Waals surface area contributed by atoms with Gasteiger partial charge < -0.3 is 9.64 Å². The average Bonchev–Trinajstić information content (AvgIpc) is 3.67. The second-order valence-corrected chi connectivity index (χ2v) is 9.35. The average molecular weight is 460 g/mol. The topological polar surface area (TPSA) is 64.4 Å². The maximum Gasteiger partial charge on any atom is 0.262 e. The van der Waals surface area contributed by atoms with Crippen molar-refractivity contribution in [3.05, 3.63) is 76.6 Å². The number of benzene rings is 3. The molecule has 1 saturated carbocycles. The van der Waals surface area contributed by atoms with E-state index in [9.17, 15) is 9.59 Å². The maximum absolute atomic E-state index is 13.0. The van der Waals surface area contributed by atoms with Crippen LogP contribution in [0.25, 0.3) is 21.7 Å². The van der Waals surface area contributed by atoms with Gasteiger partial charge in [0.2, 0.25) is 5.91 Å². The number of carbonyl (C=O) groups is 1. The number of aromatic nitrogens is 2. The first-order chi connectivity index (χ1) is 16.0. The number of nitrogens with zero attached hydrogens (tertiary/aromatic N) is 3. The maximum atomic E-state index is 13.0. The molecule has 1 aromatic heterocycles. The van der Waals surface area contributed by atoms with E-state index >= 15 is 0 Å². The molecule has 0 atom stereocenters. The first kappa shape index (κ1) is 21.5. The van der Waals surface area contributed by atoms with Gasteiger partial charge in [-0.3, -0.25) is 14.2 Å². The molecule has 3 aromatic carbocycles. The van der Waals surface area contributed by atoms with E-state index in [0.717, 1.165) is 34.9 Å². The van der Waals surface area contributed by atoms with Crippen LogP contribution in [0.4, 0.5) is 0 Å². The number of para-hydroxylation sites is 1. The lowest BCUT2D eigenvalue weighted by molar-refractivity contribution is -0.127. The van der Waals surface area contributed by atoms with Gasteiger partial charge in [0.05, 0.1) is 23.8 Å². The van der Waals surface area contributed by atoms with Crippen LogP contribution >= 0.6 is 11.8 Å². The molecule has 0 saturated heterocycles. The Kier molecular flexibility index (Phi) is 5.81. The molecule has 168 valence electrons. The van der Waals surface area contributed by atoms with Crippen LogP contribution in [0, 0.1) is 0 Å². The standard InChI is InChI=1S/C26H25N3O3S/c1-28(15-17-7-8-19-14-21(32-2)12-9-18(19)13-17)24(30)16-33-26-27-23-6-4-3-5-22(23)25(31)29(26)20-10-11-20/h3-9,12-14,20H,10-11,15-16H2,1-2H3. The molecular formula is C26H25N3O3S. The number of hydrogen-bond donors (Lipinski definition) is 0. The van der Waals surface area contributed by atoms with Crippen LogP contribution < -0.4 is 10.3 Å². The minimum absolute atomic E-state index is 0.000387. The molecule has 0 spiro atoms. The first-order valence-corrected chi connectivity index (χ1v) is 12.0. The van der Waals surface area contributed by atoms with Crippen molar-refractivity contribution in [2.75, 3.05) is 19.9 Å². The summed E-state index contributed by atoms with van der Waals surface area (Å²) in [5.74, 6) is 1.06. The highest BCUT2D eigenvalue weighted by atomic mass is 32.2. The molecule has 0 unspecified atom stereocenters. The SMILES string of the molecule is COc1ccc2cc(CN(C)C(=O)CSc3nc4ccccc4c(=O)n3C3CC3)ccc2c1. The predicted molar refractivity (Wildman–Crippen MR) is 132 cm³/mol. The fourth-order valence-electron chi connectivity index (χ4n) is 3.98. The molecular weight excluding hydrogens is 434 g/mol. The lowest BCUT2D eigenvalue weighted by atomic mass is 10.1. The Morgan fingerprint density at radius 2 is 1.88 bits per heavy atom. The van der Waals surface area contributed by atoms with Gasteiger partial charge in [0, 0.05) is 19.6 Å². The van der Waals surface area contributed by atoms with Crippen molar-refractivity contribution in [1.29, 1.82) is 0 Å². The fraction of sp³-hybridized carbons (Fsp3) is 0.269. The first-order valence-electron chi connectivity index (χ1n) is 11.0. The molecule has 7 heteroatoms. The molecule has 0 aliphatic heterocycles. The highest BCUT2D eigenvalue weighted by molar-refractivity contribution is 7.99. The Bertz CT molecular complexity index is 1410. The van der Waals surface area contributed by atoms with Crippen molar-refractivity contribution in [1.82, 2.24) is 14.5 Å². The van der Waals surface area contributed by atoms with Gasteiger partial charge in [-0.2, -0.15) is 0 Å². The summed E-state index contributed by atoms with van der Waals surface area (Å²) in [6.07, 6.45) is 1.96. The number of rotatable bonds is 7. The van der Waals surface area contributed by atoms with E-state index in [1.807, 2.05) is 61.6 Å².